The van der Waals surface area contributed by atoms with Crippen molar-refractivity contribution in [2.24, 2.45) is 0 Å². The highest BCUT2D eigenvalue weighted by molar-refractivity contribution is 7.17. The maximum absolute atomic E-state index is 12.8. The summed E-state index contributed by atoms with van der Waals surface area (Å²) in [7, 11) is 0. The number of carbonyl (C=O) groups is 1. The number of carbonyl (C=O) groups excluding carboxylic acids is 1. The molecule has 28 heavy (non-hydrogen) atoms. The van der Waals surface area contributed by atoms with Crippen LogP contribution < -0.4 is 10.9 Å². The fourth-order valence-electron chi connectivity index (χ4n) is 3.08. The Morgan fingerprint density at radius 2 is 1.75 bits per heavy atom. The molecule has 0 bridgehead atoms. The lowest BCUT2D eigenvalue weighted by atomic mass is 10.1. The summed E-state index contributed by atoms with van der Waals surface area (Å²) in [4.78, 5) is 29.4. The number of hydrogen-bond donors (Lipinski definition) is 1. The van der Waals surface area contributed by atoms with E-state index in [1.165, 1.54) is 22.2 Å². The number of nitrogens with one attached hydrogen (secondary N) is 1. The van der Waals surface area contributed by atoms with Gasteiger partial charge in [-0.1, -0.05) is 60.7 Å². The van der Waals surface area contributed by atoms with Crippen LogP contribution in [0.4, 0.5) is 0 Å². The third kappa shape index (κ3) is 3.87. The molecule has 0 aliphatic carbocycles. The van der Waals surface area contributed by atoms with Gasteiger partial charge in [0.15, 0.2) is 0 Å². The molecule has 0 spiro atoms. The highest BCUT2D eigenvalue weighted by Gasteiger charge is 2.13. The summed E-state index contributed by atoms with van der Waals surface area (Å²) >= 11 is 1.36. The van der Waals surface area contributed by atoms with Crippen molar-refractivity contribution in [2.45, 2.75) is 13.0 Å². The first-order chi connectivity index (χ1) is 13.7. The molecule has 2 aromatic carbocycles. The molecule has 0 unspecified atom stereocenters. The van der Waals surface area contributed by atoms with E-state index in [1.807, 2.05) is 66.0 Å². The summed E-state index contributed by atoms with van der Waals surface area (Å²) in [5.74, 6) is -0.195. The lowest BCUT2D eigenvalue weighted by molar-refractivity contribution is -0.121. The maximum atomic E-state index is 12.8. The third-order valence-electron chi connectivity index (χ3n) is 4.52. The number of nitrogens with zero attached hydrogens (tertiary/aromatic N) is 2. The largest absolute Gasteiger partial charge is 0.354 e. The monoisotopic (exact) mass is 389 g/mol. The second kappa shape index (κ2) is 8.19. The first kappa shape index (κ1) is 18.1. The number of aromatic nitrogens is 2. The molecule has 4 rings (SSSR count). The van der Waals surface area contributed by atoms with E-state index in [-0.39, 0.29) is 18.0 Å². The Hall–Kier alpha value is -3.25. The zero-order chi connectivity index (χ0) is 19.3. The molecule has 5 nitrogen and oxygen atoms in total. The van der Waals surface area contributed by atoms with Crippen molar-refractivity contribution in [1.82, 2.24) is 14.9 Å². The van der Waals surface area contributed by atoms with Gasteiger partial charge in [0.05, 0.1) is 11.8 Å². The fraction of sp³-hybridized carbons (Fsp3) is 0.136. The summed E-state index contributed by atoms with van der Waals surface area (Å²) in [6.07, 6.45) is 2.21. The standard InChI is InChI=1S/C22H19N3O2S/c26-19(23-12-11-16-7-3-1-4-8-16)13-25-15-24-20-18(14-28-21(20)22(25)27)17-9-5-2-6-10-17/h1-10,14-15H,11-13H2,(H,23,26). The molecule has 0 fully saturated rings. The summed E-state index contributed by atoms with van der Waals surface area (Å²) < 4.78 is 1.93. The molecule has 1 amide bonds. The second-order valence-electron chi connectivity index (χ2n) is 6.46. The van der Waals surface area contributed by atoms with Gasteiger partial charge in [-0.2, -0.15) is 0 Å². The number of amides is 1. The van der Waals surface area contributed by atoms with Crippen LogP contribution in [0.2, 0.25) is 0 Å². The van der Waals surface area contributed by atoms with Crippen molar-refractivity contribution in [3.05, 3.63) is 88.3 Å². The van der Waals surface area contributed by atoms with Gasteiger partial charge in [-0.25, -0.2) is 4.98 Å². The molecule has 0 aliphatic heterocycles. The van der Waals surface area contributed by atoms with Crippen LogP contribution in [0.15, 0.2) is 77.2 Å². The first-order valence-electron chi connectivity index (χ1n) is 9.05. The molecular formula is C22H19N3O2S. The minimum atomic E-state index is -0.195. The quantitative estimate of drug-likeness (QED) is 0.549. The highest BCUT2D eigenvalue weighted by Crippen LogP contribution is 2.30. The van der Waals surface area contributed by atoms with E-state index in [0.717, 1.165) is 23.1 Å². The highest BCUT2D eigenvalue weighted by atomic mass is 32.1. The third-order valence-corrected chi connectivity index (χ3v) is 5.48. The number of hydrogen-bond acceptors (Lipinski definition) is 4. The Morgan fingerprint density at radius 1 is 1.04 bits per heavy atom. The molecule has 0 atom stereocenters. The molecule has 2 heterocycles. The van der Waals surface area contributed by atoms with E-state index in [4.69, 9.17) is 0 Å². The predicted molar refractivity (Wildman–Crippen MR) is 112 cm³/mol. The lowest BCUT2D eigenvalue weighted by Gasteiger charge is -2.07. The molecule has 1 N–H and O–H groups in total. The van der Waals surface area contributed by atoms with Crippen molar-refractivity contribution < 1.29 is 4.79 Å². The van der Waals surface area contributed by atoms with Crippen LogP contribution in [0.25, 0.3) is 21.3 Å². The minimum Gasteiger partial charge on any atom is -0.354 e. The average Bonchev–Trinajstić information content (AvgIpc) is 3.16. The van der Waals surface area contributed by atoms with Gasteiger partial charge in [0.1, 0.15) is 11.2 Å². The SMILES string of the molecule is O=C(Cn1cnc2c(-c3ccccc3)csc2c1=O)NCCc1ccccc1. The van der Waals surface area contributed by atoms with Gasteiger partial charge in [-0.3, -0.25) is 14.2 Å². The number of thiophene rings is 1. The van der Waals surface area contributed by atoms with Crippen LogP contribution in [0.1, 0.15) is 5.56 Å². The zero-order valence-electron chi connectivity index (χ0n) is 15.2. The van der Waals surface area contributed by atoms with Crippen molar-refractivity contribution >= 4 is 27.5 Å². The van der Waals surface area contributed by atoms with Gasteiger partial charge in [0.25, 0.3) is 5.56 Å². The van der Waals surface area contributed by atoms with E-state index in [2.05, 4.69) is 10.3 Å². The van der Waals surface area contributed by atoms with Gasteiger partial charge in [-0.05, 0) is 17.5 Å². The molecule has 0 saturated heterocycles. The Kier molecular flexibility index (Phi) is 5.30. The Labute approximate surface area is 166 Å². The molecule has 140 valence electrons. The van der Waals surface area contributed by atoms with Gasteiger partial charge < -0.3 is 5.32 Å². The molecule has 0 aliphatic rings. The van der Waals surface area contributed by atoms with Crippen molar-refractivity contribution in [2.75, 3.05) is 6.54 Å². The van der Waals surface area contributed by atoms with Gasteiger partial charge in [0.2, 0.25) is 5.91 Å². The van der Waals surface area contributed by atoms with Crippen LogP contribution in [-0.4, -0.2) is 22.0 Å². The van der Waals surface area contributed by atoms with E-state index >= 15 is 0 Å². The molecule has 0 saturated carbocycles. The van der Waals surface area contributed by atoms with Crippen LogP contribution in [0.3, 0.4) is 0 Å². The lowest BCUT2D eigenvalue weighted by Crippen LogP contribution is -2.33. The van der Waals surface area contributed by atoms with E-state index in [1.54, 1.807) is 0 Å². The molecule has 0 radical (unpaired) electrons. The first-order valence-corrected chi connectivity index (χ1v) is 9.93. The number of benzene rings is 2. The van der Waals surface area contributed by atoms with Crippen LogP contribution in [0.5, 0.6) is 0 Å². The van der Waals surface area contributed by atoms with Crippen molar-refractivity contribution in [3.63, 3.8) is 0 Å². The summed E-state index contributed by atoms with van der Waals surface area (Å²) in [5, 5.41) is 4.81. The van der Waals surface area contributed by atoms with Crippen LogP contribution in [-0.2, 0) is 17.8 Å². The summed E-state index contributed by atoms with van der Waals surface area (Å²) in [6.45, 7) is 0.500. The molecule has 2 aromatic heterocycles. The van der Waals surface area contributed by atoms with Crippen LogP contribution in [0, 0.1) is 0 Å². The Bertz CT molecular complexity index is 1150. The molecule has 4 aromatic rings. The van der Waals surface area contributed by atoms with Crippen molar-refractivity contribution in [1.29, 1.82) is 0 Å². The van der Waals surface area contributed by atoms with Gasteiger partial charge >= 0.3 is 0 Å². The summed E-state index contributed by atoms with van der Waals surface area (Å²) in [5.41, 5.74) is 3.63. The molecule has 6 heteroatoms. The smallest absolute Gasteiger partial charge is 0.271 e. The van der Waals surface area contributed by atoms with E-state index in [0.29, 0.717) is 16.8 Å². The topological polar surface area (TPSA) is 64.0 Å². The number of rotatable bonds is 6. The number of fused-ring (bicyclic) bond motifs is 1. The normalized spacial score (nSPS) is 10.9. The van der Waals surface area contributed by atoms with E-state index < -0.39 is 0 Å². The molecular weight excluding hydrogens is 370 g/mol. The van der Waals surface area contributed by atoms with E-state index in [9.17, 15) is 9.59 Å². The van der Waals surface area contributed by atoms with Crippen LogP contribution >= 0.6 is 11.3 Å². The fourth-order valence-corrected chi connectivity index (χ4v) is 4.05. The van der Waals surface area contributed by atoms with Gasteiger partial charge in [0, 0.05) is 17.5 Å². The second-order valence-corrected chi connectivity index (χ2v) is 7.34. The Morgan fingerprint density at radius 3 is 2.50 bits per heavy atom. The maximum Gasteiger partial charge on any atom is 0.271 e. The minimum absolute atomic E-state index is 0.0326. The predicted octanol–water partition coefficient (Wildman–Crippen LogP) is 3.48. The van der Waals surface area contributed by atoms with Crippen molar-refractivity contribution in [3.8, 4) is 11.1 Å². The summed E-state index contributed by atoms with van der Waals surface area (Å²) in [6, 6.07) is 19.8. The Balaban J connectivity index is 1.46. The zero-order valence-corrected chi connectivity index (χ0v) is 16.0. The van der Waals surface area contributed by atoms with Gasteiger partial charge in [-0.15, -0.1) is 11.3 Å². The average molecular weight is 389 g/mol.